The van der Waals surface area contributed by atoms with Crippen LogP contribution in [0, 0.1) is 25.2 Å². The van der Waals surface area contributed by atoms with Crippen LogP contribution in [0.25, 0.3) is 5.69 Å². The Morgan fingerprint density at radius 2 is 1.88 bits per heavy atom. The monoisotopic (exact) mass is 464 g/mol. The van der Waals surface area contributed by atoms with Gasteiger partial charge in [0, 0.05) is 29.0 Å². The van der Waals surface area contributed by atoms with Gasteiger partial charge in [0.05, 0.1) is 18.2 Å². The van der Waals surface area contributed by atoms with Crippen molar-refractivity contribution in [2.45, 2.75) is 20.3 Å². The summed E-state index contributed by atoms with van der Waals surface area (Å²) in [4.78, 5) is 39.1. The third kappa shape index (κ3) is 5.64. The highest BCUT2D eigenvalue weighted by Gasteiger charge is 2.21. The van der Waals surface area contributed by atoms with Crippen molar-refractivity contribution in [3.63, 3.8) is 0 Å². The first-order valence-electron chi connectivity index (χ1n) is 10.1. The summed E-state index contributed by atoms with van der Waals surface area (Å²) in [6.45, 7) is 2.98. The number of nitriles is 1. The average Bonchev–Trinajstić information content (AvgIpc) is 2.80. The van der Waals surface area contributed by atoms with Crippen LogP contribution in [-0.2, 0) is 9.53 Å². The van der Waals surface area contributed by atoms with Crippen LogP contribution in [0.15, 0.2) is 59.4 Å². The molecule has 168 valence electrons. The maximum atomic E-state index is 12.8. The molecule has 0 atom stereocenters. The Hall–Kier alpha value is -3.96. The fourth-order valence-corrected chi connectivity index (χ4v) is 3.27. The van der Waals surface area contributed by atoms with E-state index in [9.17, 15) is 14.4 Å². The number of nitrogens with zero attached hydrogens (tertiary/aromatic N) is 4. The molecule has 8 nitrogen and oxygen atoms in total. The summed E-state index contributed by atoms with van der Waals surface area (Å²) in [5, 5.41) is 13.6. The summed E-state index contributed by atoms with van der Waals surface area (Å²) in [5.74, 6) is -1.55. The fourth-order valence-electron chi connectivity index (χ4n) is 3.15. The van der Waals surface area contributed by atoms with Crippen molar-refractivity contribution in [1.82, 2.24) is 9.78 Å². The normalized spacial score (nSPS) is 10.4. The Morgan fingerprint density at radius 3 is 2.55 bits per heavy atom. The van der Waals surface area contributed by atoms with Gasteiger partial charge in [0.15, 0.2) is 6.61 Å². The van der Waals surface area contributed by atoms with Crippen LogP contribution in [-0.4, -0.2) is 34.8 Å². The predicted octanol–water partition coefficient (Wildman–Crippen LogP) is 3.61. The molecule has 1 aromatic heterocycles. The number of hydrogen-bond donors (Lipinski definition) is 0. The van der Waals surface area contributed by atoms with E-state index in [2.05, 4.69) is 5.10 Å². The van der Waals surface area contributed by atoms with Gasteiger partial charge in [-0.3, -0.25) is 9.59 Å². The van der Waals surface area contributed by atoms with Gasteiger partial charge in [0.25, 0.3) is 5.91 Å². The number of benzene rings is 2. The molecule has 2 aromatic carbocycles. The number of para-hydroxylation sites is 1. The minimum absolute atomic E-state index is 0.0860. The van der Waals surface area contributed by atoms with Crippen LogP contribution >= 0.6 is 11.6 Å². The second-order valence-electron chi connectivity index (χ2n) is 7.21. The zero-order valence-electron chi connectivity index (χ0n) is 18.1. The lowest BCUT2D eigenvalue weighted by Gasteiger charge is -2.22. The number of carbonyl (C=O) groups is 2. The Kier molecular flexibility index (Phi) is 7.59. The molecule has 0 saturated heterocycles. The van der Waals surface area contributed by atoms with Crippen LogP contribution < -0.4 is 10.3 Å². The molecular formula is C24H21ClN4O4. The zero-order valence-corrected chi connectivity index (χ0v) is 18.9. The van der Waals surface area contributed by atoms with Gasteiger partial charge in [-0.2, -0.15) is 10.4 Å². The first-order chi connectivity index (χ1) is 15.8. The first kappa shape index (κ1) is 23.7. The summed E-state index contributed by atoms with van der Waals surface area (Å²) in [6.07, 6.45) is 0.0860. The minimum Gasteiger partial charge on any atom is -0.451 e. The lowest BCUT2D eigenvalue weighted by Crippen LogP contribution is -2.36. The van der Waals surface area contributed by atoms with E-state index in [1.165, 1.54) is 15.6 Å². The quantitative estimate of drug-likeness (QED) is 0.494. The highest BCUT2D eigenvalue weighted by atomic mass is 35.5. The Bertz CT molecular complexity index is 1280. The first-order valence-corrected chi connectivity index (χ1v) is 10.5. The van der Waals surface area contributed by atoms with Crippen LogP contribution in [0.4, 0.5) is 5.69 Å². The number of rotatable bonds is 7. The summed E-state index contributed by atoms with van der Waals surface area (Å²) in [5.41, 5.74) is 1.45. The maximum Gasteiger partial charge on any atom is 0.363 e. The number of esters is 1. The number of halogens is 1. The molecule has 0 N–H and O–H groups in total. The standard InChI is InChI=1S/C24H21ClN4O4/c1-16-13-19(9-10-20(16)25)28(12-6-11-26)22(31)15-33-24(32)23-21(30)14-17(2)29(27-23)18-7-4-3-5-8-18/h3-5,7-10,13-14H,6,12,15H2,1-2H3. The van der Waals surface area contributed by atoms with E-state index in [-0.39, 0.29) is 13.0 Å². The highest BCUT2D eigenvalue weighted by Crippen LogP contribution is 2.23. The third-order valence-corrected chi connectivity index (χ3v) is 5.25. The van der Waals surface area contributed by atoms with E-state index in [1.54, 1.807) is 56.3 Å². The molecule has 3 aromatic rings. The topological polar surface area (TPSA) is 105 Å². The average molecular weight is 465 g/mol. The molecular weight excluding hydrogens is 444 g/mol. The van der Waals surface area contributed by atoms with E-state index in [0.29, 0.717) is 22.1 Å². The van der Waals surface area contributed by atoms with Crippen molar-refractivity contribution in [1.29, 1.82) is 5.26 Å². The molecule has 33 heavy (non-hydrogen) atoms. The number of anilines is 1. The third-order valence-electron chi connectivity index (χ3n) is 4.83. The van der Waals surface area contributed by atoms with E-state index < -0.39 is 29.6 Å². The van der Waals surface area contributed by atoms with Crippen molar-refractivity contribution in [2.75, 3.05) is 18.1 Å². The molecule has 0 bridgehead atoms. The van der Waals surface area contributed by atoms with Gasteiger partial charge in [-0.25, -0.2) is 9.48 Å². The number of amides is 1. The largest absolute Gasteiger partial charge is 0.451 e. The highest BCUT2D eigenvalue weighted by molar-refractivity contribution is 6.31. The van der Waals surface area contributed by atoms with E-state index in [4.69, 9.17) is 21.6 Å². The van der Waals surface area contributed by atoms with Crippen molar-refractivity contribution < 1.29 is 14.3 Å². The van der Waals surface area contributed by atoms with Crippen LogP contribution in [0.2, 0.25) is 5.02 Å². The predicted molar refractivity (Wildman–Crippen MR) is 124 cm³/mol. The molecule has 9 heteroatoms. The fraction of sp³-hybridized carbons (Fsp3) is 0.208. The van der Waals surface area contributed by atoms with Gasteiger partial charge in [-0.1, -0.05) is 29.8 Å². The van der Waals surface area contributed by atoms with Crippen LogP contribution in [0.1, 0.15) is 28.2 Å². The van der Waals surface area contributed by atoms with E-state index >= 15 is 0 Å². The lowest BCUT2D eigenvalue weighted by atomic mass is 10.2. The summed E-state index contributed by atoms with van der Waals surface area (Å²) < 4.78 is 6.58. The van der Waals surface area contributed by atoms with Gasteiger partial charge in [-0.15, -0.1) is 0 Å². The van der Waals surface area contributed by atoms with Gasteiger partial charge < -0.3 is 9.64 Å². The number of aryl methyl sites for hydroxylation is 2. The Balaban J connectivity index is 1.80. The van der Waals surface area contributed by atoms with Crippen LogP contribution in [0.3, 0.4) is 0 Å². The SMILES string of the molecule is Cc1cc(N(CCC#N)C(=O)COC(=O)c2nn(-c3ccccc3)c(C)cc2=O)ccc1Cl. The van der Waals surface area contributed by atoms with E-state index in [1.807, 2.05) is 12.1 Å². The van der Waals surface area contributed by atoms with Crippen molar-refractivity contribution >= 4 is 29.2 Å². The summed E-state index contributed by atoms with van der Waals surface area (Å²) in [6, 6.07) is 17.3. The Labute approximate surface area is 195 Å². The molecule has 3 rings (SSSR count). The molecule has 0 aliphatic rings. The van der Waals surface area contributed by atoms with Crippen molar-refractivity contribution in [3.05, 3.63) is 86.8 Å². The van der Waals surface area contributed by atoms with Gasteiger partial charge in [0.2, 0.25) is 11.1 Å². The molecule has 0 saturated carbocycles. The van der Waals surface area contributed by atoms with E-state index in [0.717, 1.165) is 5.56 Å². The van der Waals surface area contributed by atoms with Crippen molar-refractivity contribution in [2.24, 2.45) is 0 Å². The molecule has 1 amide bonds. The second-order valence-corrected chi connectivity index (χ2v) is 7.62. The molecule has 0 radical (unpaired) electrons. The second kappa shape index (κ2) is 10.6. The molecule has 0 aliphatic carbocycles. The van der Waals surface area contributed by atoms with Crippen molar-refractivity contribution in [3.8, 4) is 11.8 Å². The lowest BCUT2D eigenvalue weighted by molar-refractivity contribution is -0.121. The summed E-state index contributed by atoms with van der Waals surface area (Å²) in [7, 11) is 0. The number of carbonyl (C=O) groups excluding carboxylic acids is 2. The Morgan fingerprint density at radius 1 is 1.15 bits per heavy atom. The maximum absolute atomic E-state index is 12.8. The number of hydrogen-bond acceptors (Lipinski definition) is 6. The summed E-state index contributed by atoms with van der Waals surface area (Å²) >= 11 is 6.06. The molecule has 0 spiro atoms. The van der Waals surface area contributed by atoms with Gasteiger partial charge in [0.1, 0.15) is 0 Å². The minimum atomic E-state index is -1.01. The van der Waals surface area contributed by atoms with Gasteiger partial charge in [-0.05, 0) is 49.7 Å². The molecule has 0 unspecified atom stereocenters. The van der Waals surface area contributed by atoms with Crippen LogP contribution in [0.5, 0.6) is 0 Å². The molecule has 0 aliphatic heterocycles. The number of aromatic nitrogens is 2. The zero-order chi connectivity index (χ0) is 24.0. The van der Waals surface area contributed by atoms with Gasteiger partial charge >= 0.3 is 5.97 Å². The smallest absolute Gasteiger partial charge is 0.363 e. The number of ether oxygens (including phenoxy) is 1. The molecule has 1 heterocycles. The molecule has 0 fully saturated rings.